The molecular weight excluding hydrogens is 348 g/mol. The minimum atomic E-state index is -0.524. The average Bonchev–Trinajstić information content (AvgIpc) is 3.06. The molecule has 27 heavy (non-hydrogen) atoms. The topological polar surface area (TPSA) is 93.5 Å². The van der Waals surface area contributed by atoms with Crippen molar-refractivity contribution >= 4 is 12.0 Å². The van der Waals surface area contributed by atoms with E-state index in [1.165, 1.54) is 0 Å². The van der Waals surface area contributed by atoms with E-state index in [9.17, 15) is 9.59 Å². The largest absolute Gasteiger partial charge is 0.444 e. The van der Waals surface area contributed by atoms with Crippen LogP contribution in [0, 0.1) is 6.92 Å². The average molecular weight is 372 g/mol. The van der Waals surface area contributed by atoms with E-state index in [0.717, 1.165) is 5.69 Å². The van der Waals surface area contributed by atoms with E-state index in [-0.39, 0.29) is 12.0 Å². The maximum atomic E-state index is 12.7. The second-order valence-corrected chi connectivity index (χ2v) is 7.44. The van der Waals surface area contributed by atoms with E-state index in [2.05, 4.69) is 15.5 Å². The number of amides is 2. The lowest BCUT2D eigenvalue weighted by Crippen LogP contribution is -2.51. The fourth-order valence-corrected chi connectivity index (χ4v) is 2.82. The van der Waals surface area contributed by atoms with Gasteiger partial charge in [0.1, 0.15) is 5.60 Å². The molecule has 1 aromatic carbocycles. The van der Waals surface area contributed by atoms with Gasteiger partial charge in [0.25, 0.3) is 5.91 Å². The molecule has 1 aromatic heterocycles. The van der Waals surface area contributed by atoms with Crippen LogP contribution in [0.3, 0.4) is 0 Å². The third kappa shape index (κ3) is 4.42. The predicted octanol–water partition coefficient (Wildman–Crippen LogP) is 1.66. The van der Waals surface area contributed by atoms with E-state index in [4.69, 9.17) is 4.74 Å². The molecule has 144 valence electrons. The van der Waals surface area contributed by atoms with E-state index < -0.39 is 5.60 Å². The number of piperazine rings is 1. The molecule has 0 radical (unpaired) electrons. The van der Waals surface area contributed by atoms with Crippen LogP contribution in [0.2, 0.25) is 0 Å². The Labute approximate surface area is 157 Å². The first-order chi connectivity index (χ1) is 12.7. The Kier molecular flexibility index (Phi) is 5.11. The number of carbonyl (C=O) groups is 2. The number of aryl methyl sites for hydroxylation is 1. The number of tetrazole rings is 1. The van der Waals surface area contributed by atoms with Gasteiger partial charge in [-0.05, 0) is 62.4 Å². The first kappa shape index (κ1) is 18.8. The molecular formula is C18H24N6O3. The summed E-state index contributed by atoms with van der Waals surface area (Å²) in [6.07, 6.45) is -0.337. The lowest BCUT2D eigenvalue weighted by Gasteiger charge is -2.35. The van der Waals surface area contributed by atoms with E-state index in [0.29, 0.717) is 37.6 Å². The van der Waals surface area contributed by atoms with E-state index in [1.807, 2.05) is 39.8 Å². The minimum Gasteiger partial charge on any atom is -0.444 e. The SMILES string of the molecule is Cc1nnnn1-c1ccc(C(=O)N2CCN(C(=O)OC(C)(C)C)CC2)cc1. The molecule has 1 aliphatic heterocycles. The summed E-state index contributed by atoms with van der Waals surface area (Å²) in [5, 5.41) is 11.4. The van der Waals surface area contributed by atoms with Gasteiger partial charge in [0, 0.05) is 31.7 Å². The van der Waals surface area contributed by atoms with Gasteiger partial charge in [0.15, 0.2) is 5.82 Å². The normalized spacial score (nSPS) is 15.0. The first-order valence-corrected chi connectivity index (χ1v) is 8.87. The van der Waals surface area contributed by atoms with Gasteiger partial charge in [-0.25, -0.2) is 4.79 Å². The summed E-state index contributed by atoms with van der Waals surface area (Å²) in [7, 11) is 0. The Hall–Kier alpha value is -2.97. The standard InChI is InChI=1S/C18H24N6O3/c1-13-19-20-21-24(13)15-7-5-14(6-8-15)16(25)22-9-11-23(12-10-22)17(26)27-18(2,3)4/h5-8H,9-12H2,1-4H3. The summed E-state index contributed by atoms with van der Waals surface area (Å²) in [6.45, 7) is 9.20. The number of nitrogens with zero attached hydrogens (tertiary/aromatic N) is 6. The zero-order valence-corrected chi connectivity index (χ0v) is 16.0. The fraction of sp³-hybridized carbons (Fsp3) is 0.500. The molecule has 0 spiro atoms. The number of ether oxygens (including phenoxy) is 1. The van der Waals surface area contributed by atoms with Gasteiger partial charge >= 0.3 is 6.09 Å². The molecule has 1 saturated heterocycles. The number of hydrogen-bond acceptors (Lipinski definition) is 6. The lowest BCUT2D eigenvalue weighted by molar-refractivity contribution is 0.0141. The smallest absolute Gasteiger partial charge is 0.410 e. The molecule has 9 nitrogen and oxygen atoms in total. The highest BCUT2D eigenvalue weighted by molar-refractivity contribution is 5.94. The Morgan fingerprint density at radius 1 is 1.00 bits per heavy atom. The predicted molar refractivity (Wildman–Crippen MR) is 97.6 cm³/mol. The summed E-state index contributed by atoms with van der Waals surface area (Å²) in [5.41, 5.74) is 0.864. The van der Waals surface area contributed by atoms with Crippen LogP contribution >= 0.6 is 0 Å². The van der Waals surface area contributed by atoms with Crippen LogP contribution in [0.1, 0.15) is 37.0 Å². The van der Waals surface area contributed by atoms with Gasteiger partial charge in [-0.1, -0.05) is 0 Å². The Bertz CT molecular complexity index is 816. The van der Waals surface area contributed by atoms with Crippen LogP contribution in [0.4, 0.5) is 4.79 Å². The summed E-state index contributed by atoms with van der Waals surface area (Å²) >= 11 is 0. The third-order valence-corrected chi connectivity index (χ3v) is 4.20. The Balaban J connectivity index is 1.59. The van der Waals surface area contributed by atoms with Crippen molar-refractivity contribution in [2.75, 3.05) is 26.2 Å². The molecule has 0 N–H and O–H groups in total. The second kappa shape index (κ2) is 7.34. The number of hydrogen-bond donors (Lipinski definition) is 0. The number of carbonyl (C=O) groups excluding carboxylic acids is 2. The number of aromatic nitrogens is 4. The molecule has 0 atom stereocenters. The summed E-state index contributed by atoms with van der Waals surface area (Å²) in [4.78, 5) is 28.2. The van der Waals surface area contributed by atoms with Gasteiger partial charge < -0.3 is 14.5 Å². The quantitative estimate of drug-likeness (QED) is 0.796. The minimum absolute atomic E-state index is 0.0566. The molecule has 2 amide bonds. The van der Waals surface area contributed by atoms with Crippen molar-refractivity contribution < 1.29 is 14.3 Å². The molecule has 0 saturated carbocycles. The Morgan fingerprint density at radius 3 is 2.11 bits per heavy atom. The third-order valence-electron chi connectivity index (χ3n) is 4.20. The maximum Gasteiger partial charge on any atom is 0.410 e. The van der Waals surface area contributed by atoms with Crippen molar-refractivity contribution in [1.82, 2.24) is 30.0 Å². The van der Waals surface area contributed by atoms with Gasteiger partial charge in [-0.15, -0.1) is 5.10 Å². The molecule has 1 aliphatic rings. The van der Waals surface area contributed by atoms with E-state index >= 15 is 0 Å². The van der Waals surface area contributed by atoms with Crippen molar-refractivity contribution in [2.24, 2.45) is 0 Å². The summed E-state index contributed by atoms with van der Waals surface area (Å²) in [6, 6.07) is 7.15. The van der Waals surface area contributed by atoms with Crippen LogP contribution in [-0.4, -0.2) is 73.8 Å². The zero-order chi connectivity index (χ0) is 19.6. The monoisotopic (exact) mass is 372 g/mol. The van der Waals surface area contributed by atoms with Crippen LogP contribution < -0.4 is 0 Å². The fourth-order valence-electron chi connectivity index (χ4n) is 2.82. The van der Waals surface area contributed by atoms with Crippen molar-refractivity contribution in [3.63, 3.8) is 0 Å². The summed E-state index contributed by atoms with van der Waals surface area (Å²) in [5.74, 6) is 0.617. The molecule has 3 rings (SSSR count). The van der Waals surface area contributed by atoms with Gasteiger partial charge in [-0.2, -0.15) is 4.68 Å². The lowest BCUT2D eigenvalue weighted by atomic mass is 10.1. The molecule has 0 aliphatic carbocycles. The highest BCUT2D eigenvalue weighted by Crippen LogP contribution is 2.15. The van der Waals surface area contributed by atoms with Crippen LogP contribution in [-0.2, 0) is 4.74 Å². The Morgan fingerprint density at radius 2 is 1.59 bits per heavy atom. The van der Waals surface area contributed by atoms with Gasteiger partial charge in [0.05, 0.1) is 5.69 Å². The van der Waals surface area contributed by atoms with Crippen molar-refractivity contribution in [3.05, 3.63) is 35.7 Å². The van der Waals surface area contributed by atoms with Crippen LogP contribution in [0.15, 0.2) is 24.3 Å². The van der Waals surface area contributed by atoms with Crippen molar-refractivity contribution in [1.29, 1.82) is 0 Å². The number of rotatable bonds is 2. The van der Waals surface area contributed by atoms with Gasteiger partial charge in [-0.3, -0.25) is 4.79 Å². The molecule has 0 unspecified atom stereocenters. The first-order valence-electron chi connectivity index (χ1n) is 8.87. The molecule has 9 heteroatoms. The zero-order valence-electron chi connectivity index (χ0n) is 16.0. The van der Waals surface area contributed by atoms with E-state index in [1.54, 1.807) is 26.6 Å². The molecule has 0 bridgehead atoms. The highest BCUT2D eigenvalue weighted by Gasteiger charge is 2.28. The number of benzene rings is 1. The second-order valence-electron chi connectivity index (χ2n) is 7.44. The van der Waals surface area contributed by atoms with Crippen molar-refractivity contribution in [3.8, 4) is 5.69 Å². The van der Waals surface area contributed by atoms with Crippen molar-refractivity contribution in [2.45, 2.75) is 33.3 Å². The van der Waals surface area contributed by atoms with Crippen LogP contribution in [0.5, 0.6) is 0 Å². The summed E-state index contributed by atoms with van der Waals surface area (Å²) < 4.78 is 6.99. The molecule has 2 heterocycles. The highest BCUT2D eigenvalue weighted by atomic mass is 16.6. The molecule has 1 fully saturated rings. The maximum absolute atomic E-state index is 12.7. The molecule has 2 aromatic rings. The van der Waals surface area contributed by atoms with Crippen LogP contribution in [0.25, 0.3) is 5.69 Å². The van der Waals surface area contributed by atoms with Gasteiger partial charge in [0.2, 0.25) is 0 Å².